The average molecular weight is 361 g/mol. The lowest BCUT2D eigenvalue weighted by molar-refractivity contribution is 0.0696. The second kappa shape index (κ2) is 9.27. The Kier molecular flexibility index (Phi) is 8.04. The zero-order valence-corrected chi connectivity index (χ0v) is 15.2. The molecule has 1 rings (SSSR count). The van der Waals surface area contributed by atoms with E-state index in [1.54, 1.807) is 0 Å². The number of nitrogens with one attached hydrogen (secondary N) is 1. The summed E-state index contributed by atoms with van der Waals surface area (Å²) in [5.74, 6) is -1.17. The SMILES string of the molecule is CCCCNN(CCCC)S(=O)(=O)c1cc(C(=O)O)ccc1S. The lowest BCUT2D eigenvalue weighted by atomic mass is 10.2. The lowest BCUT2D eigenvalue weighted by Gasteiger charge is -2.23. The quantitative estimate of drug-likeness (QED) is 0.339. The number of nitrogens with zero attached hydrogens (tertiary/aromatic N) is 1. The highest BCUT2D eigenvalue weighted by Crippen LogP contribution is 2.24. The zero-order chi connectivity index (χ0) is 17.5. The van der Waals surface area contributed by atoms with Crippen molar-refractivity contribution in [1.82, 2.24) is 9.84 Å². The molecule has 0 amide bonds. The van der Waals surface area contributed by atoms with E-state index in [-0.39, 0.29) is 15.4 Å². The number of sulfonamides is 1. The van der Waals surface area contributed by atoms with E-state index in [2.05, 4.69) is 18.1 Å². The minimum absolute atomic E-state index is 0.0784. The number of rotatable bonds is 10. The highest BCUT2D eigenvalue weighted by Gasteiger charge is 2.26. The van der Waals surface area contributed by atoms with Gasteiger partial charge in [0.2, 0.25) is 0 Å². The van der Waals surface area contributed by atoms with Gasteiger partial charge in [0, 0.05) is 18.0 Å². The highest BCUT2D eigenvalue weighted by molar-refractivity contribution is 7.90. The minimum atomic E-state index is -3.86. The van der Waals surface area contributed by atoms with Crippen molar-refractivity contribution in [2.24, 2.45) is 0 Å². The molecule has 0 spiro atoms. The normalized spacial score (nSPS) is 11.8. The summed E-state index contributed by atoms with van der Waals surface area (Å²) in [6, 6.07) is 3.88. The molecule has 0 atom stereocenters. The van der Waals surface area contributed by atoms with Crippen molar-refractivity contribution in [3.63, 3.8) is 0 Å². The Morgan fingerprint density at radius 3 is 2.48 bits per heavy atom. The van der Waals surface area contributed by atoms with Crippen LogP contribution in [0.1, 0.15) is 49.9 Å². The molecular weight excluding hydrogens is 336 g/mol. The first-order chi connectivity index (χ1) is 10.8. The summed E-state index contributed by atoms with van der Waals surface area (Å²) in [6.45, 7) is 4.87. The number of carboxylic acids is 1. The summed E-state index contributed by atoms with van der Waals surface area (Å²) in [4.78, 5) is 11.2. The van der Waals surface area contributed by atoms with Crippen molar-refractivity contribution in [2.75, 3.05) is 13.1 Å². The molecule has 0 bridgehead atoms. The number of carbonyl (C=O) groups is 1. The Bertz CT molecular complexity index is 632. The predicted molar refractivity (Wildman–Crippen MR) is 92.4 cm³/mol. The van der Waals surface area contributed by atoms with Crippen molar-refractivity contribution in [3.05, 3.63) is 23.8 Å². The predicted octanol–water partition coefficient (Wildman–Crippen LogP) is 2.77. The van der Waals surface area contributed by atoms with Crippen LogP contribution in [0, 0.1) is 0 Å². The summed E-state index contributed by atoms with van der Waals surface area (Å²) in [5.41, 5.74) is 2.86. The molecule has 2 N–H and O–H groups in total. The van der Waals surface area contributed by atoms with E-state index in [0.29, 0.717) is 19.5 Å². The molecule has 0 aliphatic carbocycles. The molecule has 130 valence electrons. The van der Waals surface area contributed by atoms with Crippen molar-refractivity contribution in [2.45, 2.75) is 49.3 Å². The fraction of sp³-hybridized carbons (Fsp3) is 0.533. The van der Waals surface area contributed by atoms with E-state index < -0.39 is 16.0 Å². The van der Waals surface area contributed by atoms with E-state index >= 15 is 0 Å². The summed E-state index contributed by atoms with van der Waals surface area (Å²) in [5, 5.41) is 9.07. The van der Waals surface area contributed by atoms with Crippen molar-refractivity contribution >= 4 is 28.6 Å². The van der Waals surface area contributed by atoms with Crippen molar-refractivity contribution in [1.29, 1.82) is 0 Å². The number of aromatic carboxylic acids is 1. The van der Waals surface area contributed by atoms with Crippen LogP contribution in [0.5, 0.6) is 0 Å². The molecular formula is C15H24N2O4S2. The van der Waals surface area contributed by atoms with Gasteiger partial charge < -0.3 is 5.11 Å². The van der Waals surface area contributed by atoms with Gasteiger partial charge in [-0.25, -0.2) is 18.6 Å². The number of unbranched alkanes of at least 4 members (excludes halogenated alkanes) is 2. The third-order valence-corrected chi connectivity index (χ3v) is 5.63. The minimum Gasteiger partial charge on any atom is -0.478 e. The molecule has 0 aromatic heterocycles. The highest BCUT2D eigenvalue weighted by atomic mass is 32.2. The number of hydrogen-bond acceptors (Lipinski definition) is 5. The van der Waals surface area contributed by atoms with Gasteiger partial charge in [0.25, 0.3) is 10.0 Å². The largest absolute Gasteiger partial charge is 0.478 e. The van der Waals surface area contributed by atoms with Gasteiger partial charge in [-0.2, -0.15) is 0 Å². The Morgan fingerprint density at radius 2 is 1.91 bits per heavy atom. The average Bonchev–Trinajstić information content (AvgIpc) is 2.50. The third-order valence-electron chi connectivity index (χ3n) is 3.31. The number of hydrazine groups is 1. The molecule has 0 saturated heterocycles. The molecule has 0 aliphatic rings. The molecule has 0 unspecified atom stereocenters. The Labute approximate surface area is 143 Å². The van der Waals surface area contributed by atoms with Gasteiger partial charge >= 0.3 is 5.97 Å². The van der Waals surface area contributed by atoms with E-state index in [1.165, 1.54) is 16.5 Å². The summed E-state index contributed by atoms with van der Waals surface area (Å²) in [6.07, 6.45) is 3.35. The van der Waals surface area contributed by atoms with E-state index in [9.17, 15) is 13.2 Å². The molecule has 6 nitrogen and oxygen atoms in total. The lowest BCUT2D eigenvalue weighted by Crippen LogP contribution is -2.44. The van der Waals surface area contributed by atoms with Crippen LogP contribution in [-0.2, 0) is 10.0 Å². The summed E-state index contributed by atoms with van der Waals surface area (Å²) in [7, 11) is -3.86. The molecule has 8 heteroatoms. The summed E-state index contributed by atoms with van der Waals surface area (Å²) >= 11 is 4.18. The molecule has 0 aliphatic heterocycles. The second-order valence-electron chi connectivity index (χ2n) is 5.18. The molecule has 0 radical (unpaired) electrons. The monoisotopic (exact) mass is 360 g/mol. The van der Waals surface area contributed by atoms with E-state index in [1.807, 2.05) is 13.8 Å². The van der Waals surface area contributed by atoms with Crippen LogP contribution in [0.15, 0.2) is 28.0 Å². The van der Waals surface area contributed by atoms with E-state index in [0.717, 1.165) is 25.3 Å². The first kappa shape index (κ1) is 20.0. The number of thiol groups is 1. The van der Waals surface area contributed by atoms with E-state index in [4.69, 9.17) is 5.11 Å². The van der Waals surface area contributed by atoms with Crippen molar-refractivity contribution < 1.29 is 18.3 Å². The van der Waals surface area contributed by atoms with Crippen LogP contribution in [0.4, 0.5) is 0 Å². The van der Waals surface area contributed by atoms with Gasteiger partial charge in [-0.05, 0) is 31.0 Å². The van der Waals surface area contributed by atoms with Gasteiger partial charge in [0.15, 0.2) is 0 Å². The van der Waals surface area contributed by atoms with Crippen LogP contribution < -0.4 is 5.43 Å². The van der Waals surface area contributed by atoms with Crippen LogP contribution in [0.2, 0.25) is 0 Å². The molecule has 1 aromatic carbocycles. The molecule has 0 heterocycles. The standard InChI is InChI=1S/C15H24N2O4S2/c1-3-5-9-16-17(10-6-4-2)23(20,21)14-11-12(15(18)19)7-8-13(14)22/h7-8,11,16,22H,3-6,9-10H2,1-2H3,(H,18,19). The van der Waals surface area contributed by atoms with Gasteiger partial charge in [-0.15, -0.1) is 17.0 Å². The van der Waals surface area contributed by atoms with Gasteiger partial charge in [-0.1, -0.05) is 26.7 Å². The Balaban J connectivity index is 3.17. The molecule has 0 fully saturated rings. The first-order valence-corrected chi connectivity index (χ1v) is 9.55. The molecule has 1 aromatic rings. The zero-order valence-electron chi connectivity index (χ0n) is 13.4. The third kappa shape index (κ3) is 5.49. The first-order valence-electron chi connectivity index (χ1n) is 7.67. The maximum Gasteiger partial charge on any atom is 0.335 e. The van der Waals surface area contributed by atoms with Crippen LogP contribution >= 0.6 is 12.6 Å². The topological polar surface area (TPSA) is 86.7 Å². The summed E-state index contributed by atoms with van der Waals surface area (Å²) < 4.78 is 26.9. The fourth-order valence-corrected chi connectivity index (χ4v) is 3.90. The molecule has 0 saturated carbocycles. The van der Waals surface area contributed by atoms with Crippen LogP contribution in [0.3, 0.4) is 0 Å². The van der Waals surface area contributed by atoms with Gasteiger partial charge in [-0.3, -0.25) is 0 Å². The Hall–Kier alpha value is -1.09. The maximum absolute atomic E-state index is 12.8. The number of hydrogen-bond donors (Lipinski definition) is 3. The number of carboxylic acid groups (broad SMARTS) is 1. The second-order valence-corrected chi connectivity index (χ2v) is 7.49. The van der Waals surface area contributed by atoms with Gasteiger partial charge in [0.05, 0.1) is 10.5 Å². The smallest absolute Gasteiger partial charge is 0.335 e. The Morgan fingerprint density at radius 1 is 1.26 bits per heavy atom. The van der Waals surface area contributed by atoms with Crippen LogP contribution in [-0.4, -0.2) is 37.0 Å². The van der Waals surface area contributed by atoms with Gasteiger partial charge in [0.1, 0.15) is 0 Å². The fourth-order valence-electron chi connectivity index (χ4n) is 1.94. The molecule has 23 heavy (non-hydrogen) atoms. The van der Waals surface area contributed by atoms with Crippen LogP contribution in [0.25, 0.3) is 0 Å². The van der Waals surface area contributed by atoms with Crippen molar-refractivity contribution in [3.8, 4) is 0 Å². The number of benzene rings is 1. The maximum atomic E-state index is 12.8.